The second-order valence-corrected chi connectivity index (χ2v) is 3.88. The van der Waals surface area contributed by atoms with Crippen LogP contribution in [-0.2, 0) is 0 Å². The van der Waals surface area contributed by atoms with Gasteiger partial charge in [-0.25, -0.2) is 0 Å². The Balaban J connectivity index is 2.37. The molecule has 88 valence electrons. The molecule has 0 amide bonds. The average molecular weight is 236 g/mol. The Bertz CT molecular complexity index is 604. The van der Waals surface area contributed by atoms with Crippen LogP contribution >= 0.6 is 0 Å². The van der Waals surface area contributed by atoms with E-state index >= 15 is 0 Å². The number of rotatable bonds is 2. The largest absolute Gasteiger partial charge is 0.508 e. The molecule has 0 radical (unpaired) electrons. The number of phenolic OH excluding ortho intramolecular Hbond substituents is 1. The van der Waals surface area contributed by atoms with Crippen LogP contribution in [0.25, 0.3) is 11.6 Å². The summed E-state index contributed by atoms with van der Waals surface area (Å²) in [6.45, 7) is 0. The molecular weight excluding hydrogens is 224 g/mol. The molecule has 0 bridgehead atoms. The number of benzene rings is 2. The Kier molecular flexibility index (Phi) is 3.31. The Morgan fingerprint density at radius 1 is 1.06 bits per heavy atom. The standard InChI is InChI=1S/C15H12N2O/c16-10-13(12-3-7-15(18)8-4-12)9-11-1-5-14(17)6-2-11/h1-9,18H,17H2. The van der Waals surface area contributed by atoms with Gasteiger partial charge >= 0.3 is 0 Å². The molecule has 0 aliphatic rings. The van der Waals surface area contributed by atoms with Gasteiger partial charge in [0.1, 0.15) is 5.75 Å². The van der Waals surface area contributed by atoms with Crippen molar-refractivity contribution in [2.45, 2.75) is 0 Å². The van der Waals surface area contributed by atoms with E-state index in [1.807, 2.05) is 12.1 Å². The Morgan fingerprint density at radius 2 is 1.67 bits per heavy atom. The molecule has 3 heteroatoms. The summed E-state index contributed by atoms with van der Waals surface area (Å²) in [5.74, 6) is 0.184. The molecule has 0 heterocycles. The van der Waals surface area contributed by atoms with Crippen LogP contribution in [0.4, 0.5) is 5.69 Å². The number of aromatic hydroxyl groups is 1. The fourth-order valence-electron chi connectivity index (χ4n) is 1.58. The van der Waals surface area contributed by atoms with E-state index in [0.29, 0.717) is 11.3 Å². The van der Waals surface area contributed by atoms with Gasteiger partial charge in [0.15, 0.2) is 0 Å². The summed E-state index contributed by atoms with van der Waals surface area (Å²) in [5.41, 5.74) is 8.52. The molecule has 0 atom stereocenters. The van der Waals surface area contributed by atoms with Crippen LogP contribution in [0.1, 0.15) is 11.1 Å². The Hall–Kier alpha value is -2.73. The molecule has 2 rings (SSSR count). The van der Waals surface area contributed by atoms with E-state index in [1.54, 1.807) is 42.5 Å². The lowest BCUT2D eigenvalue weighted by atomic mass is 10.0. The summed E-state index contributed by atoms with van der Waals surface area (Å²) in [4.78, 5) is 0. The number of allylic oxidation sites excluding steroid dienone is 1. The maximum absolute atomic E-state index is 9.22. The van der Waals surface area contributed by atoms with Crippen molar-refractivity contribution in [1.29, 1.82) is 5.26 Å². The third kappa shape index (κ3) is 2.69. The lowest BCUT2D eigenvalue weighted by molar-refractivity contribution is 0.475. The first-order valence-corrected chi connectivity index (χ1v) is 5.46. The average Bonchev–Trinajstić information content (AvgIpc) is 2.39. The molecule has 0 unspecified atom stereocenters. The molecule has 0 fully saturated rings. The first kappa shape index (κ1) is 11.7. The van der Waals surface area contributed by atoms with Gasteiger partial charge in [-0.3, -0.25) is 0 Å². The van der Waals surface area contributed by atoms with Gasteiger partial charge in [0, 0.05) is 5.69 Å². The SMILES string of the molecule is N#CC(=Cc1ccc(N)cc1)c1ccc(O)cc1. The minimum Gasteiger partial charge on any atom is -0.508 e. The highest BCUT2D eigenvalue weighted by Gasteiger charge is 2.01. The smallest absolute Gasteiger partial charge is 0.115 e. The third-order valence-electron chi connectivity index (χ3n) is 2.55. The molecule has 2 aromatic rings. The number of nitrogens with two attached hydrogens (primary N) is 1. The van der Waals surface area contributed by atoms with Gasteiger partial charge in [-0.05, 0) is 53.6 Å². The van der Waals surface area contributed by atoms with E-state index < -0.39 is 0 Å². The molecule has 2 aromatic carbocycles. The van der Waals surface area contributed by atoms with Gasteiger partial charge in [-0.1, -0.05) is 12.1 Å². The molecular formula is C15H12N2O. The molecule has 0 aromatic heterocycles. The second-order valence-electron chi connectivity index (χ2n) is 3.88. The fraction of sp³-hybridized carbons (Fsp3) is 0. The van der Waals surface area contributed by atoms with Gasteiger partial charge < -0.3 is 10.8 Å². The normalized spacial score (nSPS) is 10.9. The van der Waals surface area contributed by atoms with Crippen molar-refractivity contribution >= 4 is 17.3 Å². The van der Waals surface area contributed by atoms with E-state index in [-0.39, 0.29) is 5.75 Å². The minimum atomic E-state index is 0.184. The molecule has 0 spiro atoms. The van der Waals surface area contributed by atoms with Crippen molar-refractivity contribution in [2.75, 3.05) is 5.73 Å². The monoisotopic (exact) mass is 236 g/mol. The zero-order valence-electron chi connectivity index (χ0n) is 9.67. The van der Waals surface area contributed by atoms with Crippen LogP contribution < -0.4 is 5.73 Å². The van der Waals surface area contributed by atoms with Crippen LogP contribution in [-0.4, -0.2) is 5.11 Å². The summed E-state index contributed by atoms with van der Waals surface area (Å²) in [7, 11) is 0. The van der Waals surface area contributed by atoms with Crippen LogP contribution in [0.15, 0.2) is 48.5 Å². The summed E-state index contributed by atoms with van der Waals surface area (Å²) in [5, 5.41) is 18.4. The highest BCUT2D eigenvalue weighted by molar-refractivity contribution is 5.89. The van der Waals surface area contributed by atoms with Gasteiger partial charge in [-0.2, -0.15) is 5.26 Å². The summed E-state index contributed by atoms with van der Waals surface area (Å²) >= 11 is 0. The van der Waals surface area contributed by atoms with Crippen molar-refractivity contribution in [3.8, 4) is 11.8 Å². The maximum Gasteiger partial charge on any atom is 0.115 e. The molecule has 0 saturated carbocycles. The summed E-state index contributed by atoms with van der Waals surface area (Å²) in [6, 6.07) is 16.0. The molecule has 18 heavy (non-hydrogen) atoms. The van der Waals surface area contributed by atoms with E-state index in [2.05, 4.69) is 6.07 Å². The predicted molar refractivity (Wildman–Crippen MR) is 72.4 cm³/mol. The van der Waals surface area contributed by atoms with Gasteiger partial charge in [0.05, 0.1) is 11.6 Å². The highest BCUT2D eigenvalue weighted by Crippen LogP contribution is 2.20. The fourth-order valence-corrected chi connectivity index (χ4v) is 1.58. The summed E-state index contributed by atoms with van der Waals surface area (Å²) in [6.07, 6.45) is 1.78. The number of nitrogen functional groups attached to an aromatic ring is 1. The van der Waals surface area contributed by atoms with E-state index in [1.165, 1.54) is 0 Å². The van der Waals surface area contributed by atoms with Gasteiger partial charge in [0.25, 0.3) is 0 Å². The lowest BCUT2D eigenvalue weighted by Crippen LogP contribution is -1.84. The van der Waals surface area contributed by atoms with Crippen molar-refractivity contribution in [3.05, 3.63) is 59.7 Å². The number of anilines is 1. The maximum atomic E-state index is 9.22. The number of phenols is 1. The summed E-state index contributed by atoms with van der Waals surface area (Å²) < 4.78 is 0. The topological polar surface area (TPSA) is 70.0 Å². The van der Waals surface area contributed by atoms with Crippen molar-refractivity contribution in [2.24, 2.45) is 0 Å². The first-order chi connectivity index (χ1) is 8.69. The number of hydrogen-bond acceptors (Lipinski definition) is 3. The van der Waals surface area contributed by atoms with Crippen LogP contribution in [0.5, 0.6) is 5.75 Å². The highest BCUT2D eigenvalue weighted by atomic mass is 16.3. The van der Waals surface area contributed by atoms with Crippen LogP contribution in [0, 0.1) is 11.3 Å². The zero-order valence-corrected chi connectivity index (χ0v) is 9.67. The molecule has 3 N–H and O–H groups in total. The third-order valence-corrected chi connectivity index (χ3v) is 2.55. The molecule has 3 nitrogen and oxygen atoms in total. The molecule has 0 saturated heterocycles. The van der Waals surface area contributed by atoms with Crippen molar-refractivity contribution in [3.63, 3.8) is 0 Å². The molecule has 0 aliphatic carbocycles. The van der Waals surface area contributed by atoms with Crippen molar-refractivity contribution < 1.29 is 5.11 Å². The number of hydrogen-bond donors (Lipinski definition) is 2. The molecule has 0 aliphatic heterocycles. The number of nitrogens with zero attached hydrogens (tertiary/aromatic N) is 1. The zero-order chi connectivity index (χ0) is 13.0. The first-order valence-electron chi connectivity index (χ1n) is 5.46. The van der Waals surface area contributed by atoms with Crippen LogP contribution in [0.3, 0.4) is 0 Å². The van der Waals surface area contributed by atoms with E-state index in [4.69, 9.17) is 11.0 Å². The Morgan fingerprint density at radius 3 is 2.22 bits per heavy atom. The Labute approximate surface area is 105 Å². The van der Waals surface area contributed by atoms with E-state index in [0.717, 1.165) is 11.1 Å². The number of nitriles is 1. The lowest BCUT2D eigenvalue weighted by Gasteiger charge is -2.00. The quantitative estimate of drug-likeness (QED) is 0.478. The second kappa shape index (κ2) is 5.07. The minimum absolute atomic E-state index is 0.184. The van der Waals surface area contributed by atoms with Crippen LogP contribution in [0.2, 0.25) is 0 Å². The predicted octanol–water partition coefficient (Wildman–Crippen LogP) is 3.04. The van der Waals surface area contributed by atoms with Gasteiger partial charge in [0.2, 0.25) is 0 Å². The van der Waals surface area contributed by atoms with E-state index in [9.17, 15) is 5.11 Å². The van der Waals surface area contributed by atoms with Gasteiger partial charge in [-0.15, -0.1) is 0 Å². The van der Waals surface area contributed by atoms with Crippen molar-refractivity contribution in [1.82, 2.24) is 0 Å².